The molecule has 0 bridgehead atoms. The average Bonchev–Trinajstić information content (AvgIpc) is 3.42. The Labute approximate surface area is 191 Å². The number of ether oxygens (including phenoxy) is 1. The number of hydrogen-bond acceptors (Lipinski definition) is 4. The molecule has 0 saturated heterocycles. The fourth-order valence-electron chi connectivity index (χ4n) is 4.62. The zero-order valence-corrected chi connectivity index (χ0v) is 18.0. The monoisotopic (exact) mass is 434 g/mol. The number of nitrogens with zero attached hydrogens (tertiary/aromatic N) is 4. The molecule has 1 unspecified atom stereocenters. The fourth-order valence-corrected chi connectivity index (χ4v) is 4.62. The van der Waals surface area contributed by atoms with Gasteiger partial charge in [0.25, 0.3) is 0 Å². The highest BCUT2D eigenvalue weighted by Gasteiger charge is 2.27. The van der Waals surface area contributed by atoms with Crippen molar-refractivity contribution in [2.45, 2.75) is 25.6 Å². The molecular weight excluding hydrogens is 412 g/mol. The lowest BCUT2D eigenvalue weighted by atomic mass is 10.0. The van der Waals surface area contributed by atoms with Gasteiger partial charge >= 0.3 is 5.97 Å². The van der Waals surface area contributed by atoms with Crippen LogP contribution in [0.25, 0.3) is 22.2 Å². The molecule has 0 spiro atoms. The van der Waals surface area contributed by atoms with E-state index in [0.29, 0.717) is 18.5 Å². The van der Waals surface area contributed by atoms with Crippen LogP contribution in [0.15, 0.2) is 91.3 Å². The van der Waals surface area contributed by atoms with E-state index in [-0.39, 0.29) is 12.1 Å². The Morgan fingerprint density at radius 3 is 2.52 bits per heavy atom. The summed E-state index contributed by atoms with van der Waals surface area (Å²) in [5.74, 6) is -0.287. The lowest BCUT2D eigenvalue weighted by Gasteiger charge is -2.15. The Bertz CT molecular complexity index is 1440. The molecule has 0 fully saturated rings. The zero-order valence-electron chi connectivity index (χ0n) is 18.0. The minimum absolute atomic E-state index is 0.287. The standard InChI is InChI=1S/C27H22N4O2/c32-27-23-12-7-13-25-26(23)21(16-30(25)15-19-8-3-1-4-9-19)14-22(33-27)17-31-18-24(28-29-31)20-10-5-2-6-11-20/h1-13,16,18,22H,14-15,17H2. The van der Waals surface area contributed by atoms with Gasteiger partial charge in [0.2, 0.25) is 0 Å². The quantitative estimate of drug-likeness (QED) is 0.375. The van der Waals surface area contributed by atoms with Gasteiger partial charge in [-0.3, -0.25) is 0 Å². The van der Waals surface area contributed by atoms with Crippen LogP contribution >= 0.6 is 0 Å². The van der Waals surface area contributed by atoms with Gasteiger partial charge in [-0.1, -0.05) is 71.9 Å². The molecule has 1 aliphatic rings. The summed E-state index contributed by atoms with van der Waals surface area (Å²) in [5.41, 5.74) is 5.83. The van der Waals surface area contributed by atoms with Crippen molar-refractivity contribution in [2.24, 2.45) is 0 Å². The van der Waals surface area contributed by atoms with E-state index in [2.05, 4.69) is 39.3 Å². The molecule has 0 N–H and O–H groups in total. The number of carbonyl (C=O) groups excluding carboxylic acids is 1. The number of benzene rings is 3. The molecule has 0 radical (unpaired) electrons. The maximum absolute atomic E-state index is 13.0. The highest BCUT2D eigenvalue weighted by molar-refractivity contribution is 6.06. The highest BCUT2D eigenvalue weighted by atomic mass is 16.5. The van der Waals surface area contributed by atoms with Crippen molar-refractivity contribution in [3.05, 3.63) is 108 Å². The van der Waals surface area contributed by atoms with Crippen LogP contribution in [0, 0.1) is 0 Å². The van der Waals surface area contributed by atoms with Gasteiger partial charge in [0, 0.05) is 35.6 Å². The van der Waals surface area contributed by atoms with E-state index in [4.69, 9.17) is 4.74 Å². The molecule has 33 heavy (non-hydrogen) atoms. The maximum Gasteiger partial charge on any atom is 0.339 e. The van der Waals surface area contributed by atoms with Crippen LogP contribution in [0.4, 0.5) is 0 Å². The second kappa shape index (κ2) is 8.06. The van der Waals surface area contributed by atoms with Crippen LogP contribution < -0.4 is 0 Å². The third kappa shape index (κ3) is 3.69. The van der Waals surface area contributed by atoms with Crippen molar-refractivity contribution in [2.75, 3.05) is 0 Å². The molecule has 0 amide bonds. The average molecular weight is 434 g/mol. The first-order valence-corrected chi connectivity index (χ1v) is 11.1. The SMILES string of the molecule is O=C1OC(Cn2cc(-c3ccccc3)nn2)Cc2cn(Cc3ccccc3)c3cccc1c23. The van der Waals surface area contributed by atoms with Gasteiger partial charge in [-0.2, -0.15) is 0 Å². The van der Waals surface area contributed by atoms with E-state index in [0.717, 1.165) is 34.3 Å². The third-order valence-corrected chi connectivity index (χ3v) is 6.12. The number of cyclic esters (lactones) is 1. The minimum atomic E-state index is -0.328. The number of rotatable bonds is 5. The van der Waals surface area contributed by atoms with Gasteiger partial charge in [-0.05, 0) is 23.3 Å². The molecule has 6 rings (SSSR count). The van der Waals surface area contributed by atoms with Crippen LogP contribution in [-0.4, -0.2) is 31.6 Å². The summed E-state index contributed by atoms with van der Waals surface area (Å²) in [6.45, 7) is 1.20. The minimum Gasteiger partial charge on any atom is -0.456 e. The first-order chi connectivity index (χ1) is 16.2. The maximum atomic E-state index is 13.0. The largest absolute Gasteiger partial charge is 0.456 e. The van der Waals surface area contributed by atoms with Crippen LogP contribution in [0.2, 0.25) is 0 Å². The molecule has 6 heteroatoms. The molecule has 0 aliphatic carbocycles. The number of esters is 1. The van der Waals surface area contributed by atoms with Gasteiger partial charge in [-0.25, -0.2) is 9.48 Å². The van der Waals surface area contributed by atoms with Crippen molar-refractivity contribution in [1.29, 1.82) is 0 Å². The molecule has 1 atom stereocenters. The van der Waals surface area contributed by atoms with E-state index in [1.54, 1.807) is 4.68 Å². The van der Waals surface area contributed by atoms with Crippen LogP contribution in [0.1, 0.15) is 21.5 Å². The fraction of sp³-hybridized carbons (Fsp3) is 0.148. The normalized spacial score (nSPS) is 15.4. The summed E-state index contributed by atoms with van der Waals surface area (Å²) in [7, 11) is 0. The van der Waals surface area contributed by atoms with E-state index in [1.165, 1.54) is 5.56 Å². The second-order valence-electron chi connectivity index (χ2n) is 8.39. The van der Waals surface area contributed by atoms with E-state index < -0.39 is 0 Å². The first kappa shape index (κ1) is 19.5. The molecule has 5 aromatic rings. The Balaban J connectivity index is 1.31. The molecule has 3 aromatic carbocycles. The molecular formula is C27H22N4O2. The zero-order chi connectivity index (χ0) is 22.2. The summed E-state index contributed by atoms with van der Waals surface area (Å²) in [5, 5.41) is 9.55. The first-order valence-electron chi connectivity index (χ1n) is 11.1. The van der Waals surface area contributed by atoms with E-state index in [9.17, 15) is 4.79 Å². The van der Waals surface area contributed by atoms with Gasteiger partial charge in [-0.15, -0.1) is 5.10 Å². The molecule has 162 valence electrons. The van der Waals surface area contributed by atoms with Crippen LogP contribution in [0.3, 0.4) is 0 Å². The number of hydrogen-bond donors (Lipinski definition) is 0. The molecule has 6 nitrogen and oxygen atoms in total. The summed E-state index contributed by atoms with van der Waals surface area (Å²) < 4.78 is 9.87. The Hall–Kier alpha value is -4.19. The van der Waals surface area contributed by atoms with Crippen molar-refractivity contribution in [3.63, 3.8) is 0 Å². The molecule has 0 saturated carbocycles. The van der Waals surface area contributed by atoms with Crippen molar-refractivity contribution >= 4 is 16.9 Å². The molecule has 1 aliphatic heterocycles. The van der Waals surface area contributed by atoms with Gasteiger partial charge in [0.15, 0.2) is 0 Å². The highest BCUT2D eigenvalue weighted by Crippen LogP contribution is 2.31. The van der Waals surface area contributed by atoms with Crippen LogP contribution in [-0.2, 0) is 24.2 Å². The van der Waals surface area contributed by atoms with E-state index in [1.807, 2.05) is 66.9 Å². The Kier molecular flexibility index (Phi) is 4.76. The lowest BCUT2D eigenvalue weighted by molar-refractivity contribution is 0.0264. The van der Waals surface area contributed by atoms with Crippen molar-refractivity contribution in [3.8, 4) is 11.3 Å². The topological polar surface area (TPSA) is 61.9 Å². The Morgan fingerprint density at radius 2 is 1.70 bits per heavy atom. The third-order valence-electron chi connectivity index (χ3n) is 6.12. The predicted molar refractivity (Wildman–Crippen MR) is 126 cm³/mol. The van der Waals surface area contributed by atoms with Gasteiger partial charge < -0.3 is 9.30 Å². The number of carbonyl (C=O) groups is 1. The van der Waals surface area contributed by atoms with Gasteiger partial charge in [0.1, 0.15) is 11.8 Å². The summed E-state index contributed by atoms with van der Waals surface area (Å²) in [6, 6.07) is 26.1. The number of aromatic nitrogens is 4. The summed E-state index contributed by atoms with van der Waals surface area (Å²) >= 11 is 0. The Morgan fingerprint density at radius 1 is 0.909 bits per heavy atom. The van der Waals surface area contributed by atoms with Gasteiger partial charge in [0.05, 0.1) is 18.3 Å². The van der Waals surface area contributed by atoms with Crippen molar-refractivity contribution in [1.82, 2.24) is 19.6 Å². The lowest BCUT2D eigenvalue weighted by Crippen LogP contribution is -2.24. The van der Waals surface area contributed by atoms with E-state index >= 15 is 0 Å². The second-order valence-corrected chi connectivity index (χ2v) is 8.39. The summed E-state index contributed by atoms with van der Waals surface area (Å²) in [4.78, 5) is 13.0. The van der Waals surface area contributed by atoms with Crippen molar-refractivity contribution < 1.29 is 9.53 Å². The smallest absolute Gasteiger partial charge is 0.339 e. The molecule has 3 heterocycles. The molecule has 2 aromatic heterocycles. The van der Waals surface area contributed by atoms with Crippen LogP contribution in [0.5, 0.6) is 0 Å². The summed E-state index contributed by atoms with van der Waals surface area (Å²) in [6.07, 6.45) is 4.36. The predicted octanol–water partition coefficient (Wildman–Crippen LogP) is 4.73.